The van der Waals surface area contributed by atoms with Gasteiger partial charge in [-0.3, -0.25) is 9.59 Å². The average Bonchev–Trinajstić information content (AvgIpc) is 2.93. The Balaban J connectivity index is 2.01. The van der Waals surface area contributed by atoms with Crippen LogP contribution in [-0.4, -0.2) is 28.9 Å². The largest absolute Gasteiger partial charge is 0.448 e. The number of nitrogens with zero attached hydrogens (tertiary/aromatic N) is 1. The highest BCUT2D eigenvalue weighted by Gasteiger charge is 2.22. The maximum atomic E-state index is 12.2. The summed E-state index contributed by atoms with van der Waals surface area (Å²) in [7, 11) is 0. The maximum absolute atomic E-state index is 12.2. The van der Waals surface area contributed by atoms with E-state index < -0.39 is 12.1 Å². The number of esters is 1. The van der Waals surface area contributed by atoms with E-state index in [-0.39, 0.29) is 17.5 Å². The number of carbonyl (C=O) groups is 3. The SMILES string of the molecule is CC(=O)Nc1ccc(C(=O)[C@@H](C)OC(=O)c2cc(C)no2)cc1. The van der Waals surface area contributed by atoms with E-state index >= 15 is 0 Å². The molecule has 1 amide bonds. The van der Waals surface area contributed by atoms with Crippen LogP contribution in [0.2, 0.25) is 0 Å². The Morgan fingerprint density at radius 3 is 2.39 bits per heavy atom. The molecule has 1 heterocycles. The van der Waals surface area contributed by atoms with E-state index in [2.05, 4.69) is 10.5 Å². The van der Waals surface area contributed by atoms with E-state index in [0.717, 1.165) is 0 Å². The van der Waals surface area contributed by atoms with Crippen molar-refractivity contribution in [2.45, 2.75) is 26.9 Å². The van der Waals surface area contributed by atoms with Gasteiger partial charge in [0.05, 0.1) is 5.69 Å². The van der Waals surface area contributed by atoms with Crippen LogP contribution in [0.3, 0.4) is 0 Å². The van der Waals surface area contributed by atoms with Gasteiger partial charge in [-0.05, 0) is 38.1 Å². The minimum absolute atomic E-state index is 0.0526. The van der Waals surface area contributed by atoms with Gasteiger partial charge < -0.3 is 14.6 Å². The van der Waals surface area contributed by atoms with Gasteiger partial charge in [-0.1, -0.05) is 5.16 Å². The first-order chi connectivity index (χ1) is 10.9. The molecule has 0 saturated heterocycles. The molecule has 0 unspecified atom stereocenters. The molecule has 1 N–H and O–H groups in total. The zero-order valence-corrected chi connectivity index (χ0v) is 13.0. The normalized spacial score (nSPS) is 11.6. The number of ether oxygens (including phenoxy) is 1. The summed E-state index contributed by atoms with van der Waals surface area (Å²) in [4.78, 5) is 35.0. The molecular formula is C16H16N2O5. The third kappa shape index (κ3) is 4.26. The molecule has 7 nitrogen and oxygen atoms in total. The van der Waals surface area contributed by atoms with E-state index in [4.69, 9.17) is 9.26 Å². The summed E-state index contributed by atoms with van der Waals surface area (Å²) in [6.07, 6.45) is -0.973. The number of nitrogens with one attached hydrogen (secondary N) is 1. The first-order valence-electron chi connectivity index (χ1n) is 6.93. The minimum Gasteiger partial charge on any atom is -0.448 e. The number of amides is 1. The van der Waals surface area contributed by atoms with Crippen molar-refractivity contribution in [2.75, 3.05) is 5.32 Å². The molecule has 0 aliphatic rings. The number of anilines is 1. The highest BCUT2D eigenvalue weighted by molar-refractivity contribution is 6.01. The number of ketones is 1. The summed E-state index contributed by atoms with van der Waals surface area (Å²) in [6.45, 7) is 4.54. The van der Waals surface area contributed by atoms with Gasteiger partial charge in [0.15, 0.2) is 6.10 Å². The topological polar surface area (TPSA) is 98.5 Å². The number of hydrogen-bond donors (Lipinski definition) is 1. The lowest BCUT2D eigenvalue weighted by atomic mass is 10.1. The molecule has 0 radical (unpaired) electrons. The second kappa shape index (κ2) is 6.87. The lowest BCUT2D eigenvalue weighted by Crippen LogP contribution is -2.24. The van der Waals surface area contributed by atoms with Crippen LogP contribution in [0, 0.1) is 6.92 Å². The number of benzene rings is 1. The van der Waals surface area contributed by atoms with Crippen LogP contribution in [-0.2, 0) is 9.53 Å². The Kier molecular flexibility index (Phi) is 4.90. The van der Waals surface area contributed by atoms with Crippen molar-refractivity contribution in [1.82, 2.24) is 5.16 Å². The minimum atomic E-state index is -0.973. The van der Waals surface area contributed by atoms with E-state index in [1.165, 1.54) is 19.9 Å². The lowest BCUT2D eigenvalue weighted by Gasteiger charge is -2.11. The van der Waals surface area contributed by atoms with Crippen molar-refractivity contribution >= 4 is 23.3 Å². The number of aryl methyl sites for hydroxylation is 1. The molecule has 0 fully saturated rings. The molecular weight excluding hydrogens is 300 g/mol. The molecule has 0 saturated carbocycles. The van der Waals surface area contributed by atoms with E-state index in [9.17, 15) is 14.4 Å². The third-order valence-electron chi connectivity index (χ3n) is 2.97. The average molecular weight is 316 g/mol. The van der Waals surface area contributed by atoms with E-state index in [1.807, 2.05) is 0 Å². The van der Waals surface area contributed by atoms with Crippen LogP contribution >= 0.6 is 0 Å². The highest BCUT2D eigenvalue weighted by atomic mass is 16.6. The number of Topliss-reactive ketones (excluding diaryl/α,β-unsaturated/α-hetero) is 1. The zero-order chi connectivity index (χ0) is 17.0. The molecule has 1 aromatic carbocycles. The molecule has 0 spiro atoms. The standard InChI is InChI=1S/C16H16N2O5/c1-9-8-14(23-18-9)16(21)22-10(2)15(20)12-4-6-13(7-5-12)17-11(3)19/h4-8,10H,1-3H3,(H,17,19)/t10-/m1/s1. The van der Waals surface area contributed by atoms with Crippen LogP contribution in [0.5, 0.6) is 0 Å². The first-order valence-corrected chi connectivity index (χ1v) is 6.93. The van der Waals surface area contributed by atoms with Gasteiger partial charge in [0, 0.05) is 24.2 Å². The Labute approximate surface area is 132 Å². The number of aromatic nitrogens is 1. The van der Waals surface area contributed by atoms with Crippen LogP contribution in [0.25, 0.3) is 0 Å². The van der Waals surface area contributed by atoms with Crippen LogP contribution in [0.4, 0.5) is 5.69 Å². The van der Waals surface area contributed by atoms with E-state index in [0.29, 0.717) is 16.9 Å². The van der Waals surface area contributed by atoms with Crippen LogP contribution in [0.15, 0.2) is 34.9 Å². The van der Waals surface area contributed by atoms with Crippen molar-refractivity contribution in [3.8, 4) is 0 Å². The smallest absolute Gasteiger partial charge is 0.377 e. The van der Waals surface area contributed by atoms with E-state index in [1.54, 1.807) is 31.2 Å². The fourth-order valence-electron chi connectivity index (χ4n) is 1.89. The second-order valence-corrected chi connectivity index (χ2v) is 5.00. The summed E-state index contributed by atoms with van der Waals surface area (Å²) >= 11 is 0. The van der Waals surface area contributed by atoms with Gasteiger partial charge in [-0.25, -0.2) is 4.79 Å². The Morgan fingerprint density at radius 1 is 1.22 bits per heavy atom. The predicted molar refractivity (Wildman–Crippen MR) is 81.2 cm³/mol. The summed E-state index contributed by atoms with van der Waals surface area (Å²) in [6, 6.07) is 7.74. The molecule has 0 aliphatic heterocycles. The molecule has 7 heteroatoms. The Morgan fingerprint density at radius 2 is 1.87 bits per heavy atom. The molecule has 0 bridgehead atoms. The van der Waals surface area contributed by atoms with Crippen molar-refractivity contribution in [3.63, 3.8) is 0 Å². The number of rotatable bonds is 5. The quantitative estimate of drug-likeness (QED) is 0.671. The van der Waals surface area contributed by atoms with Gasteiger partial charge in [0.25, 0.3) is 0 Å². The Bertz CT molecular complexity index is 733. The van der Waals surface area contributed by atoms with Gasteiger partial charge in [0.2, 0.25) is 17.5 Å². The first kappa shape index (κ1) is 16.4. The number of carbonyl (C=O) groups excluding carboxylic acids is 3. The van der Waals surface area contributed by atoms with Crippen molar-refractivity contribution in [2.24, 2.45) is 0 Å². The molecule has 0 aliphatic carbocycles. The second-order valence-electron chi connectivity index (χ2n) is 5.00. The molecule has 23 heavy (non-hydrogen) atoms. The monoisotopic (exact) mass is 316 g/mol. The van der Waals surface area contributed by atoms with Gasteiger partial charge in [-0.15, -0.1) is 0 Å². The maximum Gasteiger partial charge on any atom is 0.377 e. The summed E-state index contributed by atoms with van der Waals surface area (Å²) in [5, 5.41) is 6.19. The van der Waals surface area contributed by atoms with Crippen molar-refractivity contribution in [3.05, 3.63) is 47.3 Å². The van der Waals surface area contributed by atoms with Gasteiger partial charge in [0.1, 0.15) is 0 Å². The Hall–Kier alpha value is -2.96. The molecule has 2 rings (SSSR count). The molecule has 120 valence electrons. The van der Waals surface area contributed by atoms with Gasteiger partial charge >= 0.3 is 5.97 Å². The third-order valence-corrected chi connectivity index (χ3v) is 2.97. The fraction of sp³-hybridized carbons (Fsp3) is 0.250. The van der Waals surface area contributed by atoms with Crippen LogP contribution < -0.4 is 5.32 Å². The fourth-order valence-corrected chi connectivity index (χ4v) is 1.89. The predicted octanol–water partition coefficient (Wildman–Crippen LogP) is 2.37. The van der Waals surface area contributed by atoms with Crippen LogP contribution in [0.1, 0.15) is 40.5 Å². The molecule has 1 aromatic heterocycles. The summed E-state index contributed by atoms with van der Waals surface area (Å²) in [5.74, 6) is -1.36. The van der Waals surface area contributed by atoms with Crippen molar-refractivity contribution in [1.29, 1.82) is 0 Å². The zero-order valence-electron chi connectivity index (χ0n) is 13.0. The molecule has 1 atom stereocenters. The summed E-state index contributed by atoms with van der Waals surface area (Å²) < 4.78 is 9.86. The highest BCUT2D eigenvalue weighted by Crippen LogP contribution is 2.14. The van der Waals surface area contributed by atoms with Crippen molar-refractivity contribution < 1.29 is 23.6 Å². The lowest BCUT2D eigenvalue weighted by molar-refractivity contribution is -0.114. The van der Waals surface area contributed by atoms with Gasteiger partial charge in [-0.2, -0.15) is 0 Å². The number of hydrogen-bond acceptors (Lipinski definition) is 6. The molecule has 2 aromatic rings. The summed E-state index contributed by atoms with van der Waals surface area (Å²) in [5.41, 5.74) is 1.49.